The van der Waals surface area contributed by atoms with E-state index in [1.54, 1.807) is 6.20 Å². The zero-order valence-electron chi connectivity index (χ0n) is 23.2. The third kappa shape index (κ3) is 6.62. The third-order valence-corrected chi connectivity index (χ3v) is 7.80. The first-order valence-electron chi connectivity index (χ1n) is 14.7. The molecule has 1 saturated carbocycles. The molecule has 7 nitrogen and oxygen atoms in total. The number of para-hydroxylation sites is 1. The van der Waals surface area contributed by atoms with Crippen LogP contribution in [-0.4, -0.2) is 31.4 Å². The van der Waals surface area contributed by atoms with Crippen LogP contribution in [0.25, 0.3) is 27.7 Å². The number of aromatic amines is 1. The molecule has 0 bridgehead atoms. The highest BCUT2D eigenvalue weighted by molar-refractivity contribution is 6.04. The van der Waals surface area contributed by atoms with E-state index < -0.39 is 0 Å². The molecule has 7 heteroatoms. The van der Waals surface area contributed by atoms with E-state index in [1.165, 1.54) is 0 Å². The summed E-state index contributed by atoms with van der Waals surface area (Å²) in [6, 6.07) is 23.7. The molecule has 6 rings (SSSR count). The van der Waals surface area contributed by atoms with E-state index in [9.17, 15) is 9.59 Å². The lowest BCUT2D eigenvalue weighted by atomic mass is 10.0. The van der Waals surface area contributed by atoms with Gasteiger partial charge in [-0.25, -0.2) is 4.98 Å². The number of ketones is 1. The number of hydrogen-bond donors (Lipinski definition) is 2. The van der Waals surface area contributed by atoms with Gasteiger partial charge in [0.05, 0.1) is 17.4 Å². The van der Waals surface area contributed by atoms with E-state index in [4.69, 9.17) is 4.98 Å². The van der Waals surface area contributed by atoms with Crippen LogP contribution in [0.3, 0.4) is 0 Å². The molecule has 1 amide bonds. The summed E-state index contributed by atoms with van der Waals surface area (Å²) in [5.41, 5.74) is 5.44. The predicted molar refractivity (Wildman–Crippen MR) is 162 cm³/mol. The number of fused-ring (bicyclic) bond motifs is 1. The summed E-state index contributed by atoms with van der Waals surface area (Å²) >= 11 is 0. The summed E-state index contributed by atoms with van der Waals surface area (Å²) in [6.07, 6.45) is 13.0. The van der Waals surface area contributed by atoms with Crippen LogP contribution in [0.4, 0.5) is 5.95 Å². The Labute approximate surface area is 240 Å². The number of benzene rings is 3. The summed E-state index contributed by atoms with van der Waals surface area (Å²) in [5, 5.41) is 11.2. The van der Waals surface area contributed by atoms with Crippen LogP contribution in [-0.2, 0) is 11.2 Å². The molecular formula is C34H35N5O2. The largest absolute Gasteiger partial charge is 0.299 e. The topological polar surface area (TPSA) is 92.7 Å². The van der Waals surface area contributed by atoms with Gasteiger partial charge in [0, 0.05) is 35.2 Å². The fraction of sp³-hybridized carbons (Fsp3) is 0.294. The Hall–Kier alpha value is -4.52. The highest BCUT2D eigenvalue weighted by atomic mass is 16.2. The number of amides is 1. The number of anilines is 1. The molecule has 1 aliphatic rings. The molecule has 0 radical (unpaired) electrons. The van der Waals surface area contributed by atoms with E-state index in [0.29, 0.717) is 23.2 Å². The molecule has 1 aliphatic carbocycles. The second kappa shape index (κ2) is 12.3. The van der Waals surface area contributed by atoms with Crippen molar-refractivity contribution in [2.24, 2.45) is 5.92 Å². The lowest BCUT2D eigenvalue weighted by Gasteiger charge is -2.10. The number of carbonyl (C=O) groups excluding carboxylic acids is 2. The van der Waals surface area contributed by atoms with Crippen LogP contribution in [0.1, 0.15) is 67.4 Å². The second-order valence-electron chi connectivity index (χ2n) is 11.0. The first-order valence-corrected chi connectivity index (χ1v) is 14.7. The number of aryl methyl sites for hydroxylation is 1. The molecule has 0 unspecified atom stereocenters. The van der Waals surface area contributed by atoms with Crippen molar-refractivity contribution in [3.63, 3.8) is 0 Å². The molecule has 0 spiro atoms. The van der Waals surface area contributed by atoms with E-state index in [1.807, 2.05) is 77.5 Å². The minimum absolute atomic E-state index is 0.202. The zero-order valence-corrected chi connectivity index (χ0v) is 23.2. The number of nitrogens with one attached hydrogen (secondary N) is 2. The SMILES string of the molecule is O=C(Nc1nc(CCCCCCCC(=O)C2CC2)cn1-c1ccccc1)c1cccc(-c2ccc3[nH]ncc3c2)c1. The maximum Gasteiger partial charge on any atom is 0.258 e. The first-order chi connectivity index (χ1) is 20.1. The standard InChI is InChI=1S/C34H35N5O2/c40-32(24-16-17-24)15-8-3-1-2-5-12-29-23-39(30-13-6-4-7-14-30)34(36-29)37-33(41)27-11-9-10-25(20-27)26-18-19-31-28(21-26)22-35-38-31/h4,6-7,9-11,13-14,18-24H,1-3,5,8,12,15-17H2,(H,35,38)(H,36,37,41). The van der Waals surface area contributed by atoms with E-state index in [2.05, 4.69) is 21.6 Å². The fourth-order valence-corrected chi connectivity index (χ4v) is 5.30. The number of carbonyl (C=O) groups is 2. The minimum atomic E-state index is -0.202. The molecule has 1 fully saturated rings. The Morgan fingerprint density at radius 2 is 1.68 bits per heavy atom. The molecule has 3 aromatic carbocycles. The summed E-state index contributed by atoms with van der Waals surface area (Å²) < 4.78 is 1.95. The van der Waals surface area contributed by atoms with Gasteiger partial charge in [-0.15, -0.1) is 0 Å². The summed E-state index contributed by atoms with van der Waals surface area (Å²) in [4.78, 5) is 30.1. The van der Waals surface area contributed by atoms with Crippen LogP contribution in [0.5, 0.6) is 0 Å². The average Bonchev–Trinajstić information content (AvgIpc) is 3.63. The molecule has 0 atom stereocenters. The van der Waals surface area contributed by atoms with Gasteiger partial charge >= 0.3 is 0 Å². The monoisotopic (exact) mass is 545 g/mol. The number of H-pyrrole nitrogens is 1. The van der Waals surface area contributed by atoms with Crippen molar-refractivity contribution in [3.8, 4) is 16.8 Å². The van der Waals surface area contributed by atoms with Crippen molar-refractivity contribution in [2.45, 2.75) is 57.8 Å². The Morgan fingerprint density at radius 3 is 2.54 bits per heavy atom. The van der Waals surface area contributed by atoms with Crippen molar-refractivity contribution >= 4 is 28.5 Å². The van der Waals surface area contributed by atoms with Crippen LogP contribution in [0.15, 0.2) is 85.2 Å². The molecule has 2 N–H and O–H groups in total. The van der Waals surface area contributed by atoms with Crippen LogP contribution < -0.4 is 5.32 Å². The number of rotatable bonds is 13. The Kier molecular flexibility index (Phi) is 8.03. The normalized spacial score (nSPS) is 13.0. The van der Waals surface area contributed by atoms with Crippen LogP contribution >= 0.6 is 0 Å². The van der Waals surface area contributed by atoms with Crippen molar-refractivity contribution in [1.29, 1.82) is 0 Å². The maximum absolute atomic E-state index is 13.4. The molecule has 208 valence electrons. The van der Waals surface area contributed by atoms with Gasteiger partial charge in [-0.3, -0.25) is 24.6 Å². The summed E-state index contributed by atoms with van der Waals surface area (Å²) in [6.45, 7) is 0. The highest BCUT2D eigenvalue weighted by Gasteiger charge is 2.28. The van der Waals surface area contributed by atoms with E-state index >= 15 is 0 Å². The second-order valence-corrected chi connectivity index (χ2v) is 11.0. The van der Waals surface area contributed by atoms with E-state index in [0.717, 1.165) is 91.2 Å². The van der Waals surface area contributed by atoms with Crippen LogP contribution in [0, 0.1) is 5.92 Å². The summed E-state index contributed by atoms with van der Waals surface area (Å²) in [5.74, 6) is 1.16. The first kappa shape index (κ1) is 26.7. The van der Waals surface area contributed by atoms with Gasteiger partial charge < -0.3 is 0 Å². The number of aromatic nitrogens is 4. The van der Waals surface area contributed by atoms with Gasteiger partial charge in [0.1, 0.15) is 5.78 Å². The lowest BCUT2D eigenvalue weighted by molar-refractivity contribution is -0.120. The Morgan fingerprint density at radius 1 is 0.878 bits per heavy atom. The van der Waals surface area contributed by atoms with E-state index in [-0.39, 0.29) is 5.91 Å². The number of Topliss-reactive ketones (excluding diaryl/α,β-unsaturated/α-hetero) is 1. The molecule has 2 aromatic heterocycles. The Balaban J connectivity index is 1.11. The van der Waals surface area contributed by atoms with Crippen molar-refractivity contribution in [2.75, 3.05) is 5.32 Å². The van der Waals surface area contributed by atoms with Crippen LogP contribution in [0.2, 0.25) is 0 Å². The third-order valence-electron chi connectivity index (χ3n) is 7.80. The van der Waals surface area contributed by atoms with Crippen molar-refractivity contribution in [1.82, 2.24) is 19.7 Å². The molecule has 2 heterocycles. The maximum atomic E-state index is 13.4. The van der Waals surface area contributed by atoms with Crippen molar-refractivity contribution < 1.29 is 9.59 Å². The highest BCUT2D eigenvalue weighted by Crippen LogP contribution is 2.31. The fourth-order valence-electron chi connectivity index (χ4n) is 5.30. The van der Waals surface area contributed by atoms with Gasteiger partial charge in [0.2, 0.25) is 5.95 Å². The molecule has 0 aliphatic heterocycles. The smallest absolute Gasteiger partial charge is 0.258 e. The summed E-state index contributed by atoms with van der Waals surface area (Å²) in [7, 11) is 0. The lowest BCUT2D eigenvalue weighted by Crippen LogP contribution is -2.15. The average molecular weight is 546 g/mol. The number of nitrogens with zero attached hydrogens (tertiary/aromatic N) is 3. The van der Waals surface area contributed by atoms with Gasteiger partial charge in [-0.05, 0) is 79.6 Å². The number of hydrogen-bond acceptors (Lipinski definition) is 4. The molecule has 5 aromatic rings. The molecular weight excluding hydrogens is 510 g/mol. The van der Waals surface area contributed by atoms with Gasteiger partial charge in [0.15, 0.2) is 0 Å². The zero-order chi connectivity index (χ0) is 28.0. The van der Waals surface area contributed by atoms with Gasteiger partial charge in [0.25, 0.3) is 5.91 Å². The van der Waals surface area contributed by atoms with Crippen molar-refractivity contribution in [3.05, 3.63) is 96.4 Å². The number of unbranched alkanes of at least 4 members (excludes halogenated alkanes) is 4. The number of imidazole rings is 1. The Bertz CT molecular complexity index is 1650. The van der Waals surface area contributed by atoms with Gasteiger partial charge in [-0.1, -0.05) is 55.7 Å². The molecule has 0 saturated heterocycles. The predicted octanol–water partition coefficient (Wildman–Crippen LogP) is 7.53. The minimum Gasteiger partial charge on any atom is -0.299 e. The quantitative estimate of drug-likeness (QED) is 0.150. The van der Waals surface area contributed by atoms with Gasteiger partial charge in [-0.2, -0.15) is 5.10 Å². The molecule has 41 heavy (non-hydrogen) atoms.